The molecule has 2 fully saturated rings. The zero-order valence-electron chi connectivity index (χ0n) is 18.0. The maximum absolute atomic E-state index is 13.0. The average Bonchev–Trinajstić information content (AvgIpc) is 3.28. The summed E-state index contributed by atoms with van der Waals surface area (Å²) in [5, 5.41) is 9.64. The van der Waals surface area contributed by atoms with Crippen LogP contribution in [0.25, 0.3) is 0 Å². The van der Waals surface area contributed by atoms with Gasteiger partial charge in [-0.25, -0.2) is 8.42 Å². The van der Waals surface area contributed by atoms with E-state index in [-0.39, 0.29) is 11.4 Å². The average molecular weight is 448 g/mol. The molecule has 1 aromatic carbocycles. The molecule has 1 aliphatic carbocycles. The van der Waals surface area contributed by atoms with Crippen LogP contribution in [0, 0.1) is 18.3 Å². The van der Waals surface area contributed by atoms with E-state index in [9.17, 15) is 23.3 Å². The number of carbonyl (C=O) groups is 2. The van der Waals surface area contributed by atoms with Gasteiger partial charge >= 0.3 is 5.97 Å². The second-order valence-corrected chi connectivity index (χ2v) is 10.2. The minimum absolute atomic E-state index is 0.127. The molecule has 0 spiro atoms. The van der Waals surface area contributed by atoms with E-state index < -0.39 is 40.1 Å². The first-order valence-electron chi connectivity index (χ1n) is 10.6. The minimum atomic E-state index is -3.84. The Morgan fingerprint density at radius 2 is 1.84 bits per heavy atom. The lowest BCUT2D eigenvalue weighted by molar-refractivity contribution is -0.156. The molecular formula is C22H29N3O5S. The van der Waals surface area contributed by atoms with Gasteiger partial charge in [-0.1, -0.05) is 37.0 Å². The van der Waals surface area contributed by atoms with E-state index in [1.54, 1.807) is 19.2 Å². The third-order valence-corrected chi connectivity index (χ3v) is 8.27. The molecule has 0 bridgehead atoms. The smallest absolute Gasteiger partial charge is 0.324 e. The van der Waals surface area contributed by atoms with Crippen molar-refractivity contribution in [2.24, 2.45) is 0 Å². The predicted molar refractivity (Wildman–Crippen MR) is 113 cm³/mol. The number of nitriles is 1. The van der Waals surface area contributed by atoms with Gasteiger partial charge in [-0.15, -0.1) is 0 Å². The Bertz CT molecular complexity index is 962. The van der Waals surface area contributed by atoms with Crippen LogP contribution in [0.2, 0.25) is 0 Å². The molecule has 31 heavy (non-hydrogen) atoms. The monoisotopic (exact) mass is 447 g/mol. The maximum Gasteiger partial charge on any atom is 0.324 e. The summed E-state index contributed by atoms with van der Waals surface area (Å²) >= 11 is 0. The largest absolute Gasteiger partial charge is 0.454 e. The number of aryl methyl sites for hydroxylation is 1. The van der Waals surface area contributed by atoms with Crippen molar-refractivity contribution < 1.29 is 22.7 Å². The number of hydrogen-bond acceptors (Lipinski definition) is 6. The van der Waals surface area contributed by atoms with Crippen LogP contribution in [-0.2, 0) is 24.3 Å². The molecule has 1 atom stereocenters. The van der Waals surface area contributed by atoms with Gasteiger partial charge in [0, 0.05) is 13.6 Å². The zero-order chi connectivity index (χ0) is 22.6. The summed E-state index contributed by atoms with van der Waals surface area (Å²) in [6, 6.07) is 7.78. The quantitative estimate of drug-likeness (QED) is 0.620. The molecular weight excluding hydrogens is 418 g/mol. The maximum atomic E-state index is 13.0. The van der Waals surface area contributed by atoms with Crippen molar-refractivity contribution in [2.45, 2.75) is 68.3 Å². The highest BCUT2D eigenvalue weighted by atomic mass is 32.2. The Morgan fingerprint density at radius 1 is 1.19 bits per heavy atom. The van der Waals surface area contributed by atoms with Gasteiger partial charge in [0.2, 0.25) is 10.0 Å². The van der Waals surface area contributed by atoms with Crippen molar-refractivity contribution in [2.75, 3.05) is 20.2 Å². The van der Waals surface area contributed by atoms with E-state index in [2.05, 4.69) is 6.07 Å². The number of hydrogen-bond donors (Lipinski definition) is 0. The van der Waals surface area contributed by atoms with Gasteiger partial charge in [0.15, 0.2) is 6.61 Å². The fraction of sp³-hybridized carbons (Fsp3) is 0.591. The van der Waals surface area contributed by atoms with Crippen LogP contribution in [0.3, 0.4) is 0 Å². The first-order valence-corrected chi connectivity index (χ1v) is 12.1. The molecule has 2 aliphatic rings. The number of esters is 1. The molecule has 3 rings (SSSR count). The van der Waals surface area contributed by atoms with Gasteiger partial charge in [-0.05, 0) is 44.7 Å². The van der Waals surface area contributed by atoms with Crippen molar-refractivity contribution >= 4 is 21.9 Å². The normalized spacial score (nSPS) is 21.3. The van der Waals surface area contributed by atoms with Gasteiger partial charge in [0.1, 0.15) is 11.6 Å². The van der Waals surface area contributed by atoms with Crippen molar-refractivity contribution in [1.82, 2.24) is 9.21 Å². The van der Waals surface area contributed by atoms with Crippen LogP contribution >= 0.6 is 0 Å². The van der Waals surface area contributed by atoms with E-state index in [1.165, 1.54) is 17.0 Å². The van der Waals surface area contributed by atoms with Crippen LogP contribution in [0.15, 0.2) is 29.2 Å². The minimum Gasteiger partial charge on any atom is -0.454 e. The molecule has 1 saturated heterocycles. The SMILES string of the molecule is Cc1ccc(S(=O)(=O)N2CCCC2C(=O)OCC(=O)N(C)C2(C#N)CCCCC2)cc1. The molecule has 1 heterocycles. The fourth-order valence-electron chi connectivity index (χ4n) is 4.33. The second kappa shape index (κ2) is 9.37. The number of amides is 1. The molecule has 8 nitrogen and oxygen atoms in total. The van der Waals surface area contributed by atoms with Crippen LogP contribution in [-0.4, -0.2) is 61.3 Å². The Labute approximate surface area is 183 Å². The second-order valence-electron chi connectivity index (χ2n) is 8.35. The third kappa shape index (κ3) is 4.75. The van der Waals surface area contributed by atoms with E-state index in [1.807, 2.05) is 6.92 Å². The Morgan fingerprint density at radius 3 is 2.45 bits per heavy atom. The van der Waals surface area contributed by atoms with Gasteiger partial charge in [-0.2, -0.15) is 9.57 Å². The van der Waals surface area contributed by atoms with Crippen molar-refractivity contribution in [3.05, 3.63) is 29.8 Å². The first-order chi connectivity index (χ1) is 14.7. The molecule has 9 heteroatoms. The number of likely N-dealkylation sites (N-methyl/N-ethyl adjacent to an activating group) is 1. The zero-order valence-corrected chi connectivity index (χ0v) is 18.9. The molecule has 0 N–H and O–H groups in total. The summed E-state index contributed by atoms with van der Waals surface area (Å²) in [6.07, 6.45) is 4.87. The Kier molecular flexibility index (Phi) is 7.02. The van der Waals surface area contributed by atoms with Crippen LogP contribution in [0.4, 0.5) is 0 Å². The Balaban J connectivity index is 1.65. The van der Waals surface area contributed by atoms with E-state index >= 15 is 0 Å². The Hall–Kier alpha value is -2.44. The van der Waals surface area contributed by atoms with Crippen LogP contribution in [0.1, 0.15) is 50.5 Å². The summed E-state index contributed by atoms with van der Waals surface area (Å²) < 4.78 is 32.4. The first kappa shape index (κ1) is 23.2. The molecule has 0 radical (unpaired) electrons. The third-order valence-electron chi connectivity index (χ3n) is 6.35. The molecule has 1 saturated carbocycles. The summed E-state index contributed by atoms with van der Waals surface area (Å²) in [5.41, 5.74) is 0.0719. The van der Waals surface area contributed by atoms with Crippen LogP contribution < -0.4 is 0 Å². The standard InChI is InChI=1S/C22H29N3O5S/c1-17-8-10-18(11-9-17)31(28,29)25-14-6-7-19(25)21(27)30-15-20(26)24(2)22(16-23)12-4-3-5-13-22/h8-11,19H,3-7,12-15H2,1-2H3. The number of rotatable bonds is 6. The molecule has 1 unspecified atom stereocenters. The molecule has 0 aromatic heterocycles. The number of ether oxygens (including phenoxy) is 1. The summed E-state index contributed by atoms with van der Waals surface area (Å²) in [4.78, 5) is 26.8. The topological polar surface area (TPSA) is 108 Å². The van der Waals surface area contributed by atoms with Gasteiger partial charge < -0.3 is 9.64 Å². The summed E-state index contributed by atoms with van der Waals surface area (Å²) in [7, 11) is -2.28. The molecule has 1 aliphatic heterocycles. The number of sulfonamides is 1. The number of nitrogens with zero attached hydrogens (tertiary/aromatic N) is 3. The molecule has 1 amide bonds. The highest BCUT2D eigenvalue weighted by Gasteiger charge is 2.42. The van der Waals surface area contributed by atoms with Crippen molar-refractivity contribution in [3.8, 4) is 6.07 Å². The highest BCUT2D eigenvalue weighted by Crippen LogP contribution is 2.32. The molecule has 1 aromatic rings. The highest BCUT2D eigenvalue weighted by molar-refractivity contribution is 7.89. The lowest BCUT2D eigenvalue weighted by atomic mass is 9.81. The number of benzene rings is 1. The molecule has 168 valence electrons. The van der Waals surface area contributed by atoms with Gasteiger partial charge in [-0.3, -0.25) is 9.59 Å². The lowest BCUT2D eigenvalue weighted by Crippen LogP contribution is -2.51. The van der Waals surface area contributed by atoms with Crippen molar-refractivity contribution in [1.29, 1.82) is 5.26 Å². The van der Waals surface area contributed by atoms with Crippen LogP contribution in [0.5, 0.6) is 0 Å². The van der Waals surface area contributed by atoms with E-state index in [0.29, 0.717) is 25.7 Å². The van der Waals surface area contributed by atoms with Gasteiger partial charge in [0.05, 0.1) is 11.0 Å². The lowest BCUT2D eigenvalue weighted by Gasteiger charge is -2.38. The number of carbonyl (C=O) groups excluding carboxylic acids is 2. The van der Waals surface area contributed by atoms with Gasteiger partial charge in [0.25, 0.3) is 5.91 Å². The van der Waals surface area contributed by atoms with E-state index in [4.69, 9.17) is 4.74 Å². The predicted octanol–water partition coefficient (Wildman–Crippen LogP) is 2.38. The van der Waals surface area contributed by atoms with E-state index in [0.717, 1.165) is 29.1 Å². The van der Waals surface area contributed by atoms with Crippen molar-refractivity contribution in [3.63, 3.8) is 0 Å². The fourth-order valence-corrected chi connectivity index (χ4v) is 5.98. The summed E-state index contributed by atoms with van der Waals surface area (Å²) in [6.45, 7) is 1.58. The summed E-state index contributed by atoms with van der Waals surface area (Å²) in [5.74, 6) is -1.19.